The van der Waals surface area contributed by atoms with Gasteiger partial charge in [0.2, 0.25) is 0 Å². The van der Waals surface area contributed by atoms with Crippen LogP contribution in [0.15, 0.2) is 59.6 Å². The average Bonchev–Trinajstić information content (AvgIpc) is 2.93. The molecule has 6 nitrogen and oxygen atoms in total. The Hall–Kier alpha value is -2.18. The summed E-state index contributed by atoms with van der Waals surface area (Å²) in [6.45, 7) is 11.6. The third-order valence-electron chi connectivity index (χ3n) is 2.74. The molecule has 1 aliphatic carbocycles. The Morgan fingerprint density at radius 1 is 1.00 bits per heavy atom. The summed E-state index contributed by atoms with van der Waals surface area (Å²) in [5.74, 6) is -2.54. The Balaban J connectivity index is 3.36. The molecule has 0 atom stereocenters. The summed E-state index contributed by atoms with van der Waals surface area (Å²) in [6.07, 6.45) is 6.62. The minimum atomic E-state index is -4.75. The van der Waals surface area contributed by atoms with Gasteiger partial charge in [-0.3, -0.25) is 0 Å². The first-order valence-corrected chi connectivity index (χ1v) is 9.00. The molecule has 7 heteroatoms. The van der Waals surface area contributed by atoms with Crippen LogP contribution in [0.25, 0.3) is 0 Å². The van der Waals surface area contributed by atoms with Crippen LogP contribution in [0.3, 0.4) is 0 Å². The van der Waals surface area contributed by atoms with Crippen molar-refractivity contribution in [3.63, 3.8) is 0 Å². The fraction of sp³-hybridized carbons (Fsp3) is 0.133. The van der Waals surface area contributed by atoms with Crippen LogP contribution in [-0.4, -0.2) is 17.9 Å². The molecule has 1 rings (SSSR count). The van der Waals surface area contributed by atoms with Crippen LogP contribution in [-0.2, 0) is 42.1 Å². The van der Waals surface area contributed by atoms with Gasteiger partial charge in [-0.1, -0.05) is 0 Å². The van der Waals surface area contributed by atoms with Gasteiger partial charge >= 0.3 is 133 Å². The molecule has 0 fully saturated rings. The molecule has 0 N–H and O–H groups in total. The van der Waals surface area contributed by atoms with E-state index in [9.17, 15) is 14.4 Å². The molecule has 0 saturated heterocycles. The molecule has 0 aromatic rings. The van der Waals surface area contributed by atoms with Gasteiger partial charge in [0.1, 0.15) is 0 Å². The molecule has 0 amide bonds. The van der Waals surface area contributed by atoms with Gasteiger partial charge in [-0.15, -0.1) is 0 Å². The Kier molecular flexibility index (Phi) is 6.28. The number of hydrogen-bond donors (Lipinski definition) is 0. The summed E-state index contributed by atoms with van der Waals surface area (Å²) in [7, 11) is 0. The van der Waals surface area contributed by atoms with E-state index < -0.39 is 35.7 Å². The summed E-state index contributed by atoms with van der Waals surface area (Å²) < 4.78 is 16.2. The van der Waals surface area contributed by atoms with Gasteiger partial charge in [0.05, 0.1) is 0 Å². The number of carbonyl (C=O) groups excluding carboxylic acids is 3. The van der Waals surface area contributed by atoms with Crippen LogP contribution in [0.1, 0.15) is 13.3 Å². The van der Waals surface area contributed by atoms with E-state index in [1.165, 1.54) is 0 Å². The van der Waals surface area contributed by atoms with Crippen molar-refractivity contribution in [2.75, 3.05) is 0 Å². The summed E-state index contributed by atoms with van der Waals surface area (Å²) in [5.41, 5.74) is 0.714. The van der Waals surface area contributed by atoms with Crippen molar-refractivity contribution in [2.24, 2.45) is 0 Å². The zero-order valence-electron chi connectivity index (χ0n) is 12.2. The molecule has 0 spiro atoms. The van der Waals surface area contributed by atoms with Crippen molar-refractivity contribution >= 4 is 17.9 Å². The van der Waals surface area contributed by atoms with Crippen LogP contribution >= 0.6 is 0 Å². The van der Waals surface area contributed by atoms with Gasteiger partial charge in [-0.2, -0.15) is 0 Å². The first kappa shape index (κ1) is 17.9. The second-order valence-corrected chi connectivity index (χ2v) is 7.84. The van der Waals surface area contributed by atoms with Crippen molar-refractivity contribution < 1.29 is 42.1 Å². The van der Waals surface area contributed by atoms with E-state index in [2.05, 4.69) is 19.7 Å². The fourth-order valence-corrected chi connectivity index (χ4v) is 5.61. The normalized spacial score (nSPS) is 13.3. The number of carbonyl (C=O) groups is 3. The van der Waals surface area contributed by atoms with Crippen molar-refractivity contribution in [1.82, 2.24) is 0 Å². The molecule has 0 unspecified atom stereocenters. The number of rotatable bonds is 7. The van der Waals surface area contributed by atoms with Crippen LogP contribution in [0.4, 0.5) is 0 Å². The Morgan fingerprint density at radius 3 is 1.68 bits per heavy atom. The summed E-state index contributed by atoms with van der Waals surface area (Å²) >= 11 is -4.75. The van der Waals surface area contributed by atoms with E-state index in [4.69, 9.17) is 9.96 Å². The summed E-state index contributed by atoms with van der Waals surface area (Å²) in [4.78, 5) is 35.0. The van der Waals surface area contributed by atoms with E-state index in [-0.39, 0.29) is 0 Å². The van der Waals surface area contributed by atoms with Gasteiger partial charge in [-0.25, -0.2) is 0 Å². The maximum atomic E-state index is 11.7. The maximum absolute atomic E-state index is 11.7. The van der Waals surface area contributed by atoms with Crippen molar-refractivity contribution in [3.05, 3.63) is 59.6 Å². The van der Waals surface area contributed by atoms with Crippen LogP contribution in [0.5, 0.6) is 0 Å². The molecular formula is C15H16O6Ti. The second-order valence-electron chi connectivity index (χ2n) is 4.20. The molecule has 0 aromatic carbocycles. The van der Waals surface area contributed by atoms with Gasteiger partial charge in [0.15, 0.2) is 0 Å². The van der Waals surface area contributed by atoms with Crippen LogP contribution in [0, 0.1) is 0 Å². The zero-order valence-corrected chi connectivity index (χ0v) is 13.7. The van der Waals surface area contributed by atoms with Crippen molar-refractivity contribution in [2.45, 2.75) is 13.3 Å². The molecule has 1 aliphatic rings. The van der Waals surface area contributed by atoms with Crippen molar-refractivity contribution in [1.29, 1.82) is 0 Å². The fourth-order valence-electron chi connectivity index (χ4n) is 1.75. The predicted octanol–water partition coefficient (Wildman–Crippen LogP) is 2.31. The quantitative estimate of drug-likeness (QED) is 0.523. The Labute approximate surface area is 133 Å². The molecule has 22 heavy (non-hydrogen) atoms. The van der Waals surface area contributed by atoms with E-state index in [1.807, 2.05) is 0 Å². The Morgan fingerprint density at radius 2 is 1.41 bits per heavy atom. The standard InChI is InChI=1S/C6H7.3C3H4O2.Ti/c1-6-4-2-3-5-6;3*1-2-3(4)5;/h2,4H,3H2,1H3;3*2H,1H2,(H,4,5);/q;;;;+3/p-3. The van der Waals surface area contributed by atoms with E-state index in [0.717, 1.165) is 18.2 Å². The topological polar surface area (TPSA) is 78.9 Å². The first-order chi connectivity index (χ1) is 10.4. The van der Waals surface area contributed by atoms with Gasteiger partial charge in [0, 0.05) is 0 Å². The summed E-state index contributed by atoms with van der Waals surface area (Å²) in [6, 6.07) is 0. The predicted molar refractivity (Wildman–Crippen MR) is 75.3 cm³/mol. The number of allylic oxidation sites excluding steroid dienone is 4. The molecular weight excluding hydrogens is 324 g/mol. The Bertz CT molecular complexity index is 544. The summed E-state index contributed by atoms with van der Waals surface area (Å²) in [5, 5.41) is 0. The average molecular weight is 340 g/mol. The van der Waals surface area contributed by atoms with Gasteiger partial charge in [0.25, 0.3) is 0 Å². The second kappa shape index (κ2) is 7.72. The molecule has 0 aromatic heterocycles. The first-order valence-electron chi connectivity index (χ1n) is 6.31. The third-order valence-corrected chi connectivity index (χ3v) is 7.03. The monoisotopic (exact) mass is 340 g/mol. The minimum absolute atomic E-state index is 0.352. The zero-order chi connectivity index (χ0) is 16.8. The molecule has 0 bridgehead atoms. The molecule has 0 saturated carbocycles. The van der Waals surface area contributed by atoms with Crippen LogP contribution in [0.2, 0.25) is 0 Å². The molecule has 0 aliphatic heterocycles. The molecule has 0 radical (unpaired) electrons. The molecule has 0 heterocycles. The third kappa shape index (κ3) is 4.16. The van der Waals surface area contributed by atoms with E-state index >= 15 is 0 Å². The molecule has 116 valence electrons. The number of hydrogen-bond acceptors (Lipinski definition) is 6. The van der Waals surface area contributed by atoms with Gasteiger partial charge in [-0.05, 0) is 0 Å². The van der Waals surface area contributed by atoms with E-state index in [0.29, 0.717) is 15.9 Å². The van der Waals surface area contributed by atoms with Crippen LogP contribution < -0.4 is 0 Å². The van der Waals surface area contributed by atoms with E-state index in [1.54, 1.807) is 19.1 Å². The van der Waals surface area contributed by atoms with Gasteiger partial charge < -0.3 is 0 Å². The van der Waals surface area contributed by atoms with Crippen molar-refractivity contribution in [3.8, 4) is 0 Å². The SMILES string of the molecule is C=CC(=O)[O][Ti]([O]C(=O)C=C)([O]C(=O)C=C)[C]1=C(C)C=CC1.